The number of rotatable bonds is 8. The number of aryl methyl sites for hydroxylation is 2. The van der Waals surface area contributed by atoms with Gasteiger partial charge in [-0.15, -0.1) is 0 Å². The molecule has 4 aromatic rings. The Morgan fingerprint density at radius 2 is 1.66 bits per heavy atom. The molecule has 32 heavy (non-hydrogen) atoms. The third kappa shape index (κ3) is 4.65. The highest BCUT2D eigenvalue weighted by atomic mass is 16.4. The molecular formula is C28H28N2O2. The van der Waals surface area contributed by atoms with Gasteiger partial charge >= 0.3 is 5.97 Å². The number of nitrogens with zero attached hydrogens (tertiary/aromatic N) is 2. The third-order valence-electron chi connectivity index (χ3n) is 5.86. The van der Waals surface area contributed by atoms with E-state index < -0.39 is 5.97 Å². The molecule has 4 nitrogen and oxygen atoms in total. The van der Waals surface area contributed by atoms with Crippen LogP contribution in [-0.4, -0.2) is 20.6 Å². The first-order valence-corrected chi connectivity index (χ1v) is 11.1. The minimum atomic E-state index is -0.940. The number of hydrogen-bond acceptors (Lipinski definition) is 2. The lowest BCUT2D eigenvalue weighted by Crippen LogP contribution is -2.12. The molecule has 0 amide bonds. The summed E-state index contributed by atoms with van der Waals surface area (Å²) in [5.74, 6) is -0.107. The highest BCUT2D eigenvalue weighted by Gasteiger charge is 2.16. The van der Waals surface area contributed by atoms with Gasteiger partial charge in [-0.25, -0.2) is 9.78 Å². The number of carboxylic acids is 1. The van der Waals surface area contributed by atoms with Crippen molar-refractivity contribution in [3.8, 4) is 22.3 Å². The number of benzene rings is 3. The molecule has 1 heterocycles. The second-order valence-electron chi connectivity index (χ2n) is 8.15. The van der Waals surface area contributed by atoms with Gasteiger partial charge in [0.2, 0.25) is 0 Å². The molecule has 0 spiro atoms. The normalized spacial score (nSPS) is 10.9. The minimum Gasteiger partial charge on any atom is -0.477 e. The van der Waals surface area contributed by atoms with E-state index >= 15 is 0 Å². The number of hydrogen-bond donors (Lipinski definition) is 1. The summed E-state index contributed by atoms with van der Waals surface area (Å²) in [5, 5.41) is 9.56. The number of imidazole rings is 1. The van der Waals surface area contributed by atoms with Crippen LogP contribution in [0.4, 0.5) is 0 Å². The predicted molar refractivity (Wildman–Crippen MR) is 129 cm³/mol. The molecule has 3 aromatic carbocycles. The van der Waals surface area contributed by atoms with E-state index in [1.165, 1.54) is 28.5 Å². The first kappa shape index (κ1) is 21.6. The maximum Gasteiger partial charge on any atom is 0.354 e. The van der Waals surface area contributed by atoms with Crippen LogP contribution < -0.4 is 0 Å². The molecular weight excluding hydrogens is 396 g/mol. The lowest BCUT2D eigenvalue weighted by Gasteiger charge is -2.13. The van der Waals surface area contributed by atoms with Crippen LogP contribution in [0.25, 0.3) is 22.3 Å². The van der Waals surface area contributed by atoms with Crippen molar-refractivity contribution >= 4 is 5.97 Å². The standard InChI is InChI=1S/C28H28N2O2/c1-3-4-10-27-29-18-26(28(31)32)30(27)19-21-12-15-23(16-13-21)25-17-24(14-11-20(25)2)22-8-6-5-7-9-22/h5-9,11-18H,3-4,10,19H2,1-2H3,(H,31,32). The lowest BCUT2D eigenvalue weighted by molar-refractivity contribution is 0.0685. The van der Waals surface area contributed by atoms with Gasteiger partial charge in [0.25, 0.3) is 0 Å². The van der Waals surface area contributed by atoms with Crippen molar-refractivity contribution < 1.29 is 9.90 Å². The lowest BCUT2D eigenvalue weighted by atomic mass is 9.95. The van der Waals surface area contributed by atoms with E-state index in [1.807, 2.05) is 10.6 Å². The fraction of sp³-hybridized carbons (Fsp3) is 0.214. The molecule has 0 fully saturated rings. The maximum absolute atomic E-state index is 11.7. The summed E-state index contributed by atoms with van der Waals surface area (Å²) in [6.07, 6.45) is 4.30. The molecule has 0 saturated carbocycles. The van der Waals surface area contributed by atoms with Gasteiger partial charge in [-0.1, -0.05) is 80.1 Å². The summed E-state index contributed by atoms with van der Waals surface area (Å²) < 4.78 is 1.83. The SMILES string of the molecule is CCCCc1ncc(C(=O)O)n1Cc1ccc(-c2cc(-c3ccccc3)ccc2C)cc1. The van der Waals surface area contributed by atoms with Crippen LogP contribution in [-0.2, 0) is 13.0 Å². The van der Waals surface area contributed by atoms with Gasteiger partial charge in [0.05, 0.1) is 6.20 Å². The molecule has 1 aromatic heterocycles. The summed E-state index contributed by atoms with van der Waals surface area (Å²) >= 11 is 0. The average molecular weight is 425 g/mol. The highest BCUT2D eigenvalue weighted by Crippen LogP contribution is 2.29. The van der Waals surface area contributed by atoms with Crippen LogP contribution in [0.2, 0.25) is 0 Å². The second-order valence-corrected chi connectivity index (χ2v) is 8.15. The predicted octanol–water partition coefficient (Wildman–Crippen LogP) is 6.61. The van der Waals surface area contributed by atoms with Gasteiger partial charge in [-0.05, 0) is 52.8 Å². The summed E-state index contributed by atoms with van der Waals surface area (Å²) in [7, 11) is 0. The fourth-order valence-electron chi connectivity index (χ4n) is 4.01. The number of unbranched alkanes of at least 4 members (excludes halogenated alkanes) is 1. The van der Waals surface area contributed by atoms with Crippen LogP contribution in [0.3, 0.4) is 0 Å². The Balaban J connectivity index is 1.61. The molecule has 4 rings (SSSR count). The number of aromatic nitrogens is 2. The van der Waals surface area contributed by atoms with E-state index in [0.717, 1.165) is 36.2 Å². The molecule has 0 bridgehead atoms. The number of carboxylic acid groups (broad SMARTS) is 1. The molecule has 162 valence electrons. The van der Waals surface area contributed by atoms with Crippen LogP contribution in [0, 0.1) is 6.92 Å². The Morgan fingerprint density at radius 3 is 2.34 bits per heavy atom. The smallest absolute Gasteiger partial charge is 0.354 e. The Morgan fingerprint density at radius 1 is 0.938 bits per heavy atom. The highest BCUT2D eigenvalue weighted by molar-refractivity contribution is 5.85. The summed E-state index contributed by atoms with van der Waals surface area (Å²) in [5.41, 5.74) is 7.28. The molecule has 0 unspecified atom stereocenters. The molecule has 1 N–H and O–H groups in total. The first-order chi connectivity index (χ1) is 15.6. The Kier molecular flexibility index (Phi) is 6.50. The Bertz CT molecular complexity index is 1210. The zero-order chi connectivity index (χ0) is 22.5. The quantitative estimate of drug-likeness (QED) is 0.346. The summed E-state index contributed by atoms with van der Waals surface area (Å²) in [4.78, 5) is 16.0. The average Bonchev–Trinajstić information content (AvgIpc) is 3.22. The van der Waals surface area contributed by atoms with Crippen molar-refractivity contribution in [1.82, 2.24) is 9.55 Å². The zero-order valence-corrected chi connectivity index (χ0v) is 18.6. The van der Waals surface area contributed by atoms with Crippen LogP contribution in [0.5, 0.6) is 0 Å². The van der Waals surface area contributed by atoms with Crippen molar-refractivity contribution in [3.05, 3.63) is 102 Å². The molecule has 0 atom stereocenters. The van der Waals surface area contributed by atoms with E-state index in [4.69, 9.17) is 0 Å². The fourth-order valence-corrected chi connectivity index (χ4v) is 4.01. The van der Waals surface area contributed by atoms with E-state index in [9.17, 15) is 9.90 Å². The van der Waals surface area contributed by atoms with Crippen LogP contribution >= 0.6 is 0 Å². The van der Waals surface area contributed by atoms with Gasteiger partial charge in [0.1, 0.15) is 11.5 Å². The van der Waals surface area contributed by atoms with Gasteiger partial charge in [-0.3, -0.25) is 0 Å². The first-order valence-electron chi connectivity index (χ1n) is 11.1. The van der Waals surface area contributed by atoms with Crippen molar-refractivity contribution in [2.45, 2.75) is 39.7 Å². The molecule has 0 radical (unpaired) electrons. The van der Waals surface area contributed by atoms with Crippen LogP contribution in [0.15, 0.2) is 79.0 Å². The summed E-state index contributed by atoms with van der Waals surface area (Å²) in [6, 6.07) is 25.4. The van der Waals surface area contributed by atoms with E-state index in [1.54, 1.807) is 0 Å². The van der Waals surface area contributed by atoms with E-state index in [2.05, 4.69) is 85.6 Å². The van der Waals surface area contributed by atoms with Gasteiger partial charge < -0.3 is 9.67 Å². The third-order valence-corrected chi connectivity index (χ3v) is 5.86. The Hall–Kier alpha value is -3.66. The molecule has 0 aliphatic heterocycles. The molecule has 0 aliphatic rings. The maximum atomic E-state index is 11.7. The molecule has 4 heteroatoms. The van der Waals surface area contributed by atoms with E-state index in [-0.39, 0.29) is 5.69 Å². The van der Waals surface area contributed by atoms with Crippen molar-refractivity contribution in [2.24, 2.45) is 0 Å². The molecule has 0 saturated heterocycles. The zero-order valence-electron chi connectivity index (χ0n) is 18.6. The topological polar surface area (TPSA) is 55.1 Å². The Labute approximate surface area is 189 Å². The van der Waals surface area contributed by atoms with Gasteiger partial charge in [0, 0.05) is 13.0 Å². The molecule has 0 aliphatic carbocycles. The number of aromatic carboxylic acids is 1. The van der Waals surface area contributed by atoms with Crippen LogP contribution in [0.1, 0.15) is 47.2 Å². The number of carbonyl (C=O) groups is 1. The minimum absolute atomic E-state index is 0.242. The second kappa shape index (κ2) is 9.65. The largest absolute Gasteiger partial charge is 0.477 e. The van der Waals surface area contributed by atoms with Gasteiger partial charge in [0.15, 0.2) is 0 Å². The van der Waals surface area contributed by atoms with Crippen molar-refractivity contribution in [2.75, 3.05) is 0 Å². The van der Waals surface area contributed by atoms with Crippen molar-refractivity contribution in [3.63, 3.8) is 0 Å². The van der Waals surface area contributed by atoms with E-state index in [0.29, 0.717) is 6.54 Å². The van der Waals surface area contributed by atoms with Crippen molar-refractivity contribution in [1.29, 1.82) is 0 Å². The summed E-state index contributed by atoms with van der Waals surface area (Å²) in [6.45, 7) is 4.76. The van der Waals surface area contributed by atoms with Gasteiger partial charge in [-0.2, -0.15) is 0 Å². The monoisotopic (exact) mass is 424 g/mol.